The number of halogens is 1. The van der Waals surface area contributed by atoms with Crippen molar-refractivity contribution in [2.75, 3.05) is 36.2 Å². The minimum Gasteiger partial charge on any atom is -0.339 e. The minimum atomic E-state index is -0.698. The topological polar surface area (TPSA) is 49.4 Å². The summed E-state index contributed by atoms with van der Waals surface area (Å²) in [5.41, 5.74) is 0. The second kappa shape index (κ2) is 6.08. The highest BCUT2D eigenvalue weighted by Gasteiger charge is 2.28. The third-order valence-corrected chi connectivity index (χ3v) is 4.72. The summed E-state index contributed by atoms with van der Waals surface area (Å²) in [5.74, 6) is 3.22. The Morgan fingerprint density at radius 1 is 1.40 bits per heavy atom. The molecule has 2 aliphatic rings. The fourth-order valence-corrected chi connectivity index (χ4v) is 3.62. The monoisotopic (exact) mass is 270 g/mol. The van der Waals surface area contributed by atoms with Gasteiger partial charge in [0, 0.05) is 47.0 Å². The molecular formula is C8H15ClN2O2S2. The van der Waals surface area contributed by atoms with Crippen LogP contribution in [0, 0.1) is 0 Å². The Kier molecular flexibility index (Phi) is 5.38. The van der Waals surface area contributed by atoms with Gasteiger partial charge in [0.05, 0.1) is 6.04 Å². The zero-order chi connectivity index (χ0) is 9.97. The summed E-state index contributed by atoms with van der Waals surface area (Å²) >= 11 is 1.76. The molecule has 2 saturated heterocycles. The van der Waals surface area contributed by atoms with Crippen LogP contribution in [0.4, 0.5) is 0 Å². The van der Waals surface area contributed by atoms with Gasteiger partial charge in [-0.15, -0.1) is 24.2 Å². The van der Waals surface area contributed by atoms with E-state index in [4.69, 9.17) is 0 Å². The molecule has 0 saturated carbocycles. The van der Waals surface area contributed by atoms with Crippen molar-refractivity contribution in [3.05, 3.63) is 0 Å². The van der Waals surface area contributed by atoms with E-state index in [9.17, 15) is 9.00 Å². The molecule has 1 amide bonds. The van der Waals surface area contributed by atoms with Crippen LogP contribution in [-0.2, 0) is 15.6 Å². The number of rotatable bonds is 1. The zero-order valence-electron chi connectivity index (χ0n) is 8.31. The largest absolute Gasteiger partial charge is 0.339 e. The Morgan fingerprint density at radius 2 is 2.07 bits per heavy atom. The molecule has 1 atom stereocenters. The molecule has 2 heterocycles. The van der Waals surface area contributed by atoms with Crippen molar-refractivity contribution in [2.45, 2.75) is 6.04 Å². The van der Waals surface area contributed by atoms with Crippen LogP contribution in [-0.4, -0.2) is 57.3 Å². The molecule has 0 bridgehead atoms. The normalized spacial score (nSPS) is 27.5. The highest BCUT2D eigenvalue weighted by atomic mass is 35.5. The Balaban J connectivity index is 0.00000112. The first-order valence-corrected chi connectivity index (χ1v) is 7.36. The SMILES string of the molecule is Cl.O=C([C@H]1CSCN1)N1CCS(=O)CC1. The fraction of sp³-hybridized carbons (Fsp3) is 0.875. The van der Waals surface area contributed by atoms with Crippen molar-refractivity contribution < 1.29 is 9.00 Å². The van der Waals surface area contributed by atoms with Crippen LogP contribution in [0.1, 0.15) is 0 Å². The summed E-state index contributed by atoms with van der Waals surface area (Å²) in [6, 6.07) is -0.00784. The summed E-state index contributed by atoms with van der Waals surface area (Å²) in [6.45, 7) is 1.32. The highest BCUT2D eigenvalue weighted by Crippen LogP contribution is 2.13. The number of hydrogen-bond donors (Lipinski definition) is 1. The van der Waals surface area contributed by atoms with Gasteiger partial charge in [-0.2, -0.15) is 0 Å². The molecule has 0 aromatic rings. The van der Waals surface area contributed by atoms with Crippen LogP contribution in [0.25, 0.3) is 0 Å². The number of nitrogens with zero attached hydrogens (tertiary/aromatic N) is 1. The molecule has 1 N–H and O–H groups in total. The van der Waals surface area contributed by atoms with Crippen LogP contribution >= 0.6 is 24.2 Å². The molecule has 0 aromatic heterocycles. The van der Waals surface area contributed by atoms with E-state index >= 15 is 0 Å². The molecule has 7 heteroatoms. The quantitative estimate of drug-likeness (QED) is 0.709. The van der Waals surface area contributed by atoms with Gasteiger partial charge in [0.15, 0.2) is 0 Å². The van der Waals surface area contributed by atoms with Crippen LogP contribution in [0.3, 0.4) is 0 Å². The molecule has 0 radical (unpaired) electrons. The van der Waals surface area contributed by atoms with E-state index in [1.54, 1.807) is 11.8 Å². The van der Waals surface area contributed by atoms with E-state index < -0.39 is 10.8 Å². The van der Waals surface area contributed by atoms with Crippen molar-refractivity contribution in [3.8, 4) is 0 Å². The maximum absolute atomic E-state index is 11.9. The average Bonchev–Trinajstić information content (AvgIpc) is 2.71. The van der Waals surface area contributed by atoms with Gasteiger partial charge < -0.3 is 4.90 Å². The van der Waals surface area contributed by atoms with Crippen molar-refractivity contribution in [1.82, 2.24) is 10.2 Å². The molecule has 0 aliphatic carbocycles. The fourth-order valence-electron chi connectivity index (χ4n) is 1.63. The minimum absolute atomic E-state index is 0. The molecule has 4 nitrogen and oxygen atoms in total. The van der Waals surface area contributed by atoms with Gasteiger partial charge in [-0.3, -0.25) is 14.3 Å². The smallest absolute Gasteiger partial charge is 0.240 e. The highest BCUT2D eigenvalue weighted by molar-refractivity contribution is 7.99. The summed E-state index contributed by atoms with van der Waals surface area (Å²) in [5, 5.41) is 3.16. The Bertz CT molecular complexity index is 249. The number of nitrogens with one attached hydrogen (secondary N) is 1. The van der Waals surface area contributed by atoms with Crippen molar-refractivity contribution in [3.63, 3.8) is 0 Å². The van der Waals surface area contributed by atoms with Gasteiger partial charge in [-0.05, 0) is 0 Å². The molecule has 88 valence electrons. The standard InChI is InChI=1S/C8H14N2O2S2.ClH/c11-8(7-5-13-6-9-7)10-1-3-14(12)4-2-10;/h7,9H,1-6H2;1H/t7-;/m1./s1. The van der Waals surface area contributed by atoms with E-state index in [0.717, 1.165) is 11.6 Å². The van der Waals surface area contributed by atoms with Gasteiger partial charge in [0.2, 0.25) is 5.91 Å². The second-order valence-corrected chi connectivity index (χ2v) is 6.17. The third-order valence-electron chi connectivity index (χ3n) is 2.50. The van der Waals surface area contributed by atoms with Crippen molar-refractivity contribution in [1.29, 1.82) is 0 Å². The predicted molar refractivity (Wildman–Crippen MR) is 66.0 cm³/mol. The first-order valence-electron chi connectivity index (χ1n) is 4.72. The Morgan fingerprint density at radius 3 is 2.60 bits per heavy atom. The van der Waals surface area contributed by atoms with E-state index in [1.807, 2.05) is 4.90 Å². The lowest BCUT2D eigenvalue weighted by Gasteiger charge is -2.28. The Hall–Kier alpha value is 0.220. The number of hydrogen-bond acceptors (Lipinski definition) is 4. The number of carbonyl (C=O) groups is 1. The lowest BCUT2D eigenvalue weighted by atomic mass is 10.3. The van der Waals surface area contributed by atoms with Crippen LogP contribution in [0.5, 0.6) is 0 Å². The van der Waals surface area contributed by atoms with Crippen LogP contribution in [0.2, 0.25) is 0 Å². The van der Waals surface area contributed by atoms with E-state index in [-0.39, 0.29) is 24.4 Å². The van der Waals surface area contributed by atoms with Crippen LogP contribution < -0.4 is 5.32 Å². The number of amides is 1. The first kappa shape index (κ1) is 13.3. The maximum Gasteiger partial charge on any atom is 0.240 e. The lowest BCUT2D eigenvalue weighted by Crippen LogP contribution is -2.49. The third kappa shape index (κ3) is 3.34. The average molecular weight is 271 g/mol. The van der Waals surface area contributed by atoms with E-state index in [2.05, 4.69) is 5.32 Å². The molecule has 15 heavy (non-hydrogen) atoms. The second-order valence-electron chi connectivity index (χ2n) is 3.45. The van der Waals surface area contributed by atoms with Gasteiger partial charge in [0.25, 0.3) is 0 Å². The van der Waals surface area contributed by atoms with E-state index in [0.29, 0.717) is 24.6 Å². The number of thioether (sulfide) groups is 1. The maximum atomic E-state index is 11.9. The predicted octanol–water partition coefficient (Wildman–Crippen LogP) is -0.338. The Labute approximate surface area is 102 Å². The lowest BCUT2D eigenvalue weighted by molar-refractivity contribution is -0.132. The number of carbonyl (C=O) groups excluding carboxylic acids is 1. The molecule has 2 fully saturated rings. The molecule has 0 spiro atoms. The molecule has 2 rings (SSSR count). The van der Waals surface area contributed by atoms with E-state index in [1.165, 1.54) is 0 Å². The van der Waals surface area contributed by atoms with Gasteiger partial charge in [-0.25, -0.2) is 0 Å². The van der Waals surface area contributed by atoms with Gasteiger partial charge in [0.1, 0.15) is 0 Å². The summed E-state index contributed by atoms with van der Waals surface area (Å²) in [4.78, 5) is 13.7. The summed E-state index contributed by atoms with van der Waals surface area (Å²) in [7, 11) is -0.698. The molecule has 0 unspecified atom stereocenters. The summed E-state index contributed by atoms with van der Waals surface area (Å²) in [6.07, 6.45) is 0. The molecule has 0 aromatic carbocycles. The summed E-state index contributed by atoms with van der Waals surface area (Å²) < 4.78 is 11.1. The van der Waals surface area contributed by atoms with Crippen LogP contribution in [0.15, 0.2) is 0 Å². The molecule has 2 aliphatic heterocycles. The van der Waals surface area contributed by atoms with Crippen molar-refractivity contribution in [2.24, 2.45) is 0 Å². The molecular weight excluding hydrogens is 256 g/mol. The van der Waals surface area contributed by atoms with Crippen molar-refractivity contribution >= 4 is 40.9 Å². The zero-order valence-corrected chi connectivity index (χ0v) is 10.8. The van der Waals surface area contributed by atoms with Gasteiger partial charge >= 0.3 is 0 Å². The van der Waals surface area contributed by atoms with Gasteiger partial charge in [-0.1, -0.05) is 0 Å². The first-order chi connectivity index (χ1) is 6.77.